The van der Waals surface area contributed by atoms with Crippen LogP contribution in [0.3, 0.4) is 0 Å². The standard InChI is InChI=1S/C16H27N3S/c1-3-8-18-9-11-19(12-10-18)15-6-5-7-16(20-4-2)14(15)13-17/h5-7H,3-4,8-13,17H2,1-2H3. The predicted molar refractivity (Wildman–Crippen MR) is 89.7 cm³/mol. The zero-order valence-corrected chi connectivity index (χ0v) is 13.6. The summed E-state index contributed by atoms with van der Waals surface area (Å²) in [6.07, 6.45) is 1.25. The number of rotatable bonds is 6. The quantitative estimate of drug-likeness (QED) is 0.818. The van der Waals surface area contributed by atoms with Crippen molar-refractivity contribution in [1.29, 1.82) is 0 Å². The van der Waals surface area contributed by atoms with Gasteiger partial charge in [0.2, 0.25) is 0 Å². The lowest BCUT2D eigenvalue weighted by molar-refractivity contribution is 0.258. The van der Waals surface area contributed by atoms with Gasteiger partial charge in [0, 0.05) is 48.9 Å². The van der Waals surface area contributed by atoms with E-state index in [0.717, 1.165) is 18.8 Å². The lowest BCUT2D eigenvalue weighted by Crippen LogP contribution is -2.46. The van der Waals surface area contributed by atoms with Gasteiger partial charge in [0.05, 0.1) is 0 Å². The van der Waals surface area contributed by atoms with Gasteiger partial charge in [0.15, 0.2) is 0 Å². The molecule has 0 aliphatic carbocycles. The number of benzene rings is 1. The lowest BCUT2D eigenvalue weighted by Gasteiger charge is -2.37. The van der Waals surface area contributed by atoms with Gasteiger partial charge in [-0.05, 0) is 30.9 Å². The topological polar surface area (TPSA) is 32.5 Å². The highest BCUT2D eigenvalue weighted by molar-refractivity contribution is 7.99. The molecule has 2 N–H and O–H groups in total. The number of nitrogens with two attached hydrogens (primary N) is 1. The van der Waals surface area contributed by atoms with Crippen molar-refractivity contribution >= 4 is 17.4 Å². The summed E-state index contributed by atoms with van der Waals surface area (Å²) in [6.45, 7) is 10.9. The molecule has 0 aromatic heterocycles. The van der Waals surface area contributed by atoms with Crippen molar-refractivity contribution in [2.45, 2.75) is 31.7 Å². The molecule has 20 heavy (non-hydrogen) atoms. The summed E-state index contributed by atoms with van der Waals surface area (Å²) in [7, 11) is 0. The van der Waals surface area contributed by atoms with Crippen LogP contribution in [0.15, 0.2) is 23.1 Å². The van der Waals surface area contributed by atoms with Crippen LogP contribution in [0.1, 0.15) is 25.8 Å². The van der Waals surface area contributed by atoms with Gasteiger partial charge < -0.3 is 10.6 Å². The summed E-state index contributed by atoms with van der Waals surface area (Å²) in [5.41, 5.74) is 8.68. The van der Waals surface area contributed by atoms with Gasteiger partial charge in [0.1, 0.15) is 0 Å². The molecule has 4 heteroatoms. The third kappa shape index (κ3) is 3.68. The van der Waals surface area contributed by atoms with Gasteiger partial charge in [-0.25, -0.2) is 0 Å². The molecule has 1 aliphatic rings. The van der Waals surface area contributed by atoms with Crippen LogP contribution in [-0.2, 0) is 6.54 Å². The first kappa shape index (κ1) is 15.7. The van der Waals surface area contributed by atoms with Gasteiger partial charge in [-0.3, -0.25) is 4.90 Å². The summed E-state index contributed by atoms with van der Waals surface area (Å²) in [4.78, 5) is 6.42. The molecule has 1 heterocycles. The highest BCUT2D eigenvalue weighted by Gasteiger charge is 2.19. The van der Waals surface area contributed by atoms with Crippen molar-refractivity contribution < 1.29 is 0 Å². The predicted octanol–water partition coefficient (Wildman–Crippen LogP) is 2.79. The largest absolute Gasteiger partial charge is 0.369 e. The van der Waals surface area contributed by atoms with E-state index in [-0.39, 0.29) is 0 Å². The Hall–Kier alpha value is -0.710. The van der Waals surface area contributed by atoms with E-state index in [1.807, 2.05) is 11.8 Å². The monoisotopic (exact) mass is 293 g/mol. The van der Waals surface area contributed by atoms with Crippen LogP contribution >= 0.6 is 11.8 Å². The fraction of sp³-hybridized carbons (Fsp3) is 0.625. The van der Waals surface area contributed by atoms with Crippen LogP contribution in [0.4, 0.5) is 5.69 Å². The van der Waals surface area contributed by atoms with E-state index in [2.05, 4.69) is 41.8 Å². The van der Waals surface area contributed by atoms with Gasteiger partial charge in [-0.15, -0.1) is 11.8 Å². The van der Waals surface area contributed by atoms with Gasteiger partial charge in [0.25, 0.3) is 0 Å². The van der Waals surface area contributed by atoms with E-state index < -0.39 is 0 Å². The average molecular weight is 293 g/mol. The fourth-order valence-electron chi connectivity index (χ4n) is 2.87. The molecular formula is C16H27N3S. The Bertz CT molecular complexity index is 414. The van der Waals surface area contributed by atoms with E-state index in [1.165, 1.54) is 42.2 Å². The third-order valence-electron chi connectivity index (χ3n) is 3.87. The zero-order chi connectivity index (χ0) is 14.4. The Morgan fingerprint density at radius 3 is 2.50 bits per heavy atom. The van der Waals surface area contributed by atoms with E-state index in [9.17, 15) is 0 Å². The summed E-state index contributed by atoms with van der Waals surface area (Å²) < 4.78 is 0. The van der Waals surface area contributed by atoms with Crippen molar-refractivity contribution in [3.63, 3.8) is 0 Å². The Morgan fingerprint density at radius 1 is 1.15 bits per heavy atom. The zero-order valence-electron chi connectivity index (χ0n) is 12.8. The molecule has 0 amide bonds. The second kappa shape index (κ2) is 7.91. The molecule has 0 bridgehead atoms. The first-order chi connectivity index (χ1) is 9.80. The maximum atomic E-state index is 6.01. The molecule has 1 aromatic carbocycles. The molecule has 3 nitrogen and oxygen atoms in total. The van der Waals surface area contributed by atoms with Crippen LogP contribution in [0.5, 0.6) is 0 Å². The molecule has 112 valence electrons. The molecule has 1 aromatic rings. The molecule has 0 spiro atoms. The van der Waals surface area contributed by atoms with Gasteiger partial charge >= 0.3 is 0 Å². The first-order valence-electron chi connectivity index (χ1n) is 7.72. The number of piperazine rings is 1. The fourth-order valence-corrected chi connectivity index (χ4v) is 3.72. The molecule has 1 saturated heterocycles. The number of nitrogens with zero attached hydrogens (tertiary/aromatic N) is 2. The lowest BCUT2D eigenvalue weighted by atomic mass is 10.1. The van der Waals surface area contributed by atoms with Crippen LogP contribution in [0.25, 0.3) is 0 Å². The SMILES string of the molecule is CCCN1CCN(c2cccc(SCC)c2CN)CC1. The summed E-state index contributed by atoms with van der Waals surface area (Å²) >= 11 is 1.90. The summed E-state index contributed by atoms with van der Waals surface area (Å²) in [5.74, 6) is 1.10. The minimum atomic E-state index is 0.633. The van der Waals surface area contributed by atoms with Crippen LogP contribution in [0.2, 0.25) is 0 Å². The highest BCUT2D eigenvalue weighted by atomic mass is 32.2. The second-order valence-electron chi connectivity index (χ2n) is 5.22. The van der Waals surface area contributed by atoms with Crippen LogP contribution in [0, 0.1) is 0 Å². The Labute approximate surface area is 127 Å². The molecule has 0 unspecified atom stereocenters. The molecule has 1 fully saturated rings. The maximum absolute atomic E-state index is 6.01. The second-order valence-corrected chi connectivity index (χ2v) is 6.53. The summed E-state index contributed by atoms with van der Waals surface area (Å²) in [5, 5.41) is 0. The Morgan fingerprint density at radius 2 is 1.90 bits per heavy atom. The van der Waals surface area contributed by atoms with E-state index in [1.54, 1.807) is 0 Å². The molecule has 0 atom stereocenters. The molecule has 0 saturated carbocycles. The summed E-state index contributed by atoms with van der Waals surface area (Å²) in [6, 6.07) is 6.61. The Kier molecular flexibility index (Phi) is 6.20. The van der Waals surface area contributed by atoms with E-state index >= 15 is 0 Å². The van der Waals surface area contributed by atoms with E-state index in [0.29, 0.717) is 6.54 Å². The number of thioether (sulfide) groups is 1. The smallest absolute Gasteiger partial charge is 0.0423 e. The normalized spacial score (nSPS) is 16.6. The van der Waals surface area contributed by atoms with Crippen molar-refractivity contribution in [3.05, 3.63) is 23.8 Å². The number of anilines is 1. The minimum absolute atomic E-state index is 0.633. The van der Waals surface area contributed by atoms with Crippen molar-refractivity contribution in [1.82, 2.24) is 4.90 Å². The maximum Gasteiger partial charge on any atom is 0.0423 e. The molecule has 2 rings (SSSR count). The molecule has 1 aliphatic heterocycles. The van der Waals surface area contributed by atoms with Crippen molar-refractivity contribution in [2.75, 3.05) is 43.4 Å². The minimum Gasteiger partial charge on any atom is -0.369 e. The van der Waals surface area contributed by atoms with E-state index in [4.69, 9.17) is 5.73 Å². The number of hydrogen-bond donors (Lipinski definition) is 1. The highest BCUT2D eigenvalue weighted by Crippen LogP contribution is 2.31. The Balaban J connectivity index is 2.11. The van der Waals surface area contributed by atoms with Crippen LogP contribution < -0.4 is 10.6 Å². The molecular weight excluding hydrogens is 266 g/mol. The number of hydrogen-bond acceptors (Lipinski definition) is 4. The van der Waals surface area contributed by atoms with Crippen LogP contribution in [-0.4, -0.2) is 43.4 Å². The first-order valence-corrected chi connectivity index (χ1v) is 8.70. The third-order valence-corrected chi connectivity index (χ3v) is 4.85. The van der Waals surface area contributed by atoms with Crippen molar-refractivity contribution in [2.24, 2.45) is 5.73 Å². The average Bonchev–Trinajstić information content (AvgIpc) is 2.48. The van der Waals surface area contributed by atoms with Gasteiger partial charge in [-0.2, -0.15) is 0 Å². The van der Waals surface area contributed by atoms with Gasteiger partial charge in [-0.1, -0.05) is 19.9 Å². The molecule has 0 radical (unpaired) electrons. The van der Waals surface area contributed by atoms with Crippen molar-refractivity contribution in [3.8, 4) is 0 Å².